The van der Waals surface area contributed by atoms with Gasteiger partial charge in [0, 0.05) is 103 Å². The second-order valence-electron chi connectivity index (χ2n) is 22.4. The summed E-state index contributed by atoms with van der Waals surface area (Å²) in [4.78, 5) is 73.4. The second-order valence-corrected chi connectivity index (χ2v) is 23.3. The van der Waals surface area contributed by atoms with Crippen molar-refractivity contribution in [3.8, 4) is 16.2 Å². The lowest BCUT2D eigenvalue weighted by Gasteiger charge is -2.36. The molecule has 4 N–H and O–H groups in total. The first-order valence-electron chi connectivity index (χ1n) is 28.3. The number of pyridine rings is 1. The van der Waals surface area contributed by atoms with Crippen LogP contribution in [0.3, 0.4) is 0 Å². The summed E-state index contributed by atoms with van der Waals surface area (Å²) < 4.78 is 25.7. The number of ether oxygens (including phenoxy) is 4. The predicted molar refractivity (Wildman–Crippen MR) is 313 cm³/mol. The van der Waals surface area contributed by atoms with Crippen molar-refractivity contribution in [1.29, 1.82) is 0 Å². The summed E-state index contributed by atoms with van der Waals surface area (Å²) in [7, 11) is 1.77. The van der Waals surface area contributed by atoms with Gasteiger partial charge >= 0.3 is 0 Å². The van der Waals surface area contributed by atoms with Gasteiger partial charge in [0.05, 0.1) is 59.8 Å². The SMILES string of the molecule is COC1CCN(c2nccc(Nc3cc4c(cn3)nc(COCCN3CCN(c5ccc(OCCCOCC(=O)N[C@H](C(=O)N6C[C@H](O)C[C@H]6C(=O)NCc6ccc(-c7scnc7C)cc6)C(C)(C)C)cc5)CC3)n4C(C)C)n2)CC1. The molecule has 3 aliphatic rings. The number of nitrogens with zero attached hydrogens (tertiary/aromatic N) is 10. The van der Waals surface area contributed by atoms with Gasteiger partial charge in [-0.3, -0.25) is 19.3 Å². The molecule has 21 nitrogen and oxygen atoms in total. The van der Waals surface area contributed by atoms with Gasteiger partial charge in [0.2, 0.25) is 23.7 Å². The number of amides is 3. The van der Waals surface area contributed by atoms with E-state index in [9.17, 15) is 19.5 Å². The lowest BCUT2D eigenvalue weighted by Crippen LogP contribution is -2.58. The van der Waals surface area contributed by atoms with Crippen molar-refractivity contribution in [2.75, 3.05) is 101 Å². The Morgan fingerprint density at radius 3 is 2.33 bits per heavy atom. The van der Waals surface area contributed by atoms with Crippen LogP contribution in [0.5, 0.6) is 5.75 Å². The monoisotopic (exact) mass is 1130 g/mol. The Bertz CT molecular complexity index is 3020. The quantitative estimate of drug-likeness (QED) is 0.0473. The van der Waals surface area contributed by atoms with E-state index in [-0.39, 0.29) is 50.8 Å². The van der Waals surface area contributed by atoms with Gasteiger partial charge < -0.3 is 59.3 Å². The highest BCUT2D eigenvalue weighted by molar-refractivity contribution is 7.13. The van der Waals surface area contributed by atoms with E-state index in [0.717, 1.165) is 109 Å². The van der Waals surface area contributed by atoms with Gasteiger partial charge in [-0.25, -0.2) is 19.9 Å². The minimum absolute atomic E-state index is 0.00655. The van der Waals surface area contributed by atoms with Gasteiger partial charge in [0.15, 0.2) is 0 Å². The average Bonchev–Trinajstić information content (AvgIpc) is 4.27. The number of rotatable bonds is 24. The van der Waals surface area contributed by atoms with Crippen molar-refractivity contribution in [2.45, 2.75) is 111 Å². The molecule has 4 aromatic heterocycles. The van der Waals surface area contributed by atoms with E-state index in [1.165, 1.54) is 4.90 Å². The number of piperidine rings is 1. The first-order valence-corrected chi connectivity index (χ1v) is 29.1. The molecule has 81 heavy (non-hydrogen) atoms. The molecule has 6 aromatic rings. The van der Waals surface area contributed by atoms with Crippen molar-refractivity contribution in [1.82, 2.24) is 49.9 Å². The number of carbonyl (C=O) groups is 3. The summed E-state index contributed by atoms with van der Waals surface area (Å²) in [6, 6.07) is 18.2. The second kappa shape index (κ2) is 27.3. The lowest BCUT2D eigenvalue weighted by atomic mass is 9.85. The fraction of sp³-hybridized carbons (Fsp3) is 0.525. The Balaban J connectivity index is 0.651. The molecule has 9 rings (SSSR count). The van der Waals surface area contributed by atoms with Crippen molar-refractivity contribution >= 4 is 63.4 Å². The zero-order valence-corrected chi connectivity index (χ0v) is 48.6. The number of hydrogen-bond acceptors (Lipinski definition) is 18. The Kier molecular flexibility index (Phi) is 19.8. The molecule has 2 aromatic carbocycles. The Morgan fingerprint density at radius 2 is 1.63 bits per heavy atom. The number of likely N-dealkylation sites (tertiary alicyclic amines) is 1. The van der Waals surface area contributed by atoms with Crippen LogP contribution in [-0.2, 0) is 41.7 Å². The van der Waals surface area contributed by atoms with Crippen molar-refractivity contribution in [3.05, 3.63) is 95.6 Å². The van der Waals surface area contributed by atoms with E-state index < -0.39 is 35.4 Å². The highest BCUT2D eigenvalue weighted by Gasteiger charge is 2.44. The molecule has 0 unspecified atom stereocenters. The molecular weight excluding hydrogens is 1050 g/mol. The third-order valence-electron chi connectivity index (χ3n) is 15.1. The Morgan fingerprint density at radius 1 is 0.864 bits per heavy atom. The smallest absolute Gasteiger partial charge is 0.246 e. The third kappa shape index (κ3) is 15.4. The first-order chi connectivity index (χ1) is 39.1. The highest BCUT2D eigenvalue weighted by atomic mass is 32.1. The molecule has 0 aliphatic carbocycles. The van der Waals surface area contributed by atoms with Gasteiger partial charge in [-0.05, 0) is 80.5 Å². The number of benzene rings is 2. The van der Waals surface area contributed by atoms with Crippen LogP contribution < -0.4 is 30.5 Å². The molecule has 0 spiro atoms. The van der Waals surface area contributed by atoms with Gasteiger partial charge in [0.1, 0.15) is 54.0 Å². The van der Waals surface area contributed by atoms with E-state index in [0.29, 0.717) is 43.8 Å². The average molecular weight is 1130 g/mol. The number of β-amino-alcohol motifs (C(OH)–C–C–N with tert-alkyl or cyclic N) is 1. The summed E-state index contributed by atoms with van der Waals surface area (Å²) in [6.45, 7) is 19.7. The largest absolute Gasteiger partial charge is 0.494 e. The summed E-state index contributed by atoms with van der Waals surface area (Å²) in [5, 5.41) is 19.8. The number of anilines is 4. The number of hydrogen-bond donors (Lipinski definition) is 4. The van der Waals surface area contributed by atoms with Crippen LogP contribution >= 0.6 is 11.3 Å². The van der Waals surface area contributed by atoms with Crippen LogP contribution in [0.2, 0.25) is 0 Å². The molecule has 22 heteroatoms. The van der Waals surface area contributed by atoms with Crippen molar-refractivity contribution < 1.29 is 38.4 Å². The number of fused-ring (bicyclic) bond motifs is 1. The number of methoxy groups -OCH3 is 1. The van der Waals surface area contributed by atoms with E-state index in [4.69, 9.17) is 28.9 Å². The summed E-state index contributed by atoms with van der Waals surface area (Å²) in [5.41, 5.74) is 6.99. The van der Waals surface area contributed by atoms with Crippen LogP contribution in [-0.4, -0.2) is 172 Å². The number of aromatic nitrogens is 6. The van der Waals surface area contributed by atoms with Gasteiger partial charge in [0.25, 0.3) is 0 Å². The zero-order chi connectivity index (χ0) is 57.0. The van der Waals surface area contributed by atoms with Crippen LogP contribution in [0.25, 0.3) is 21.5 Å². The van der Waals surface area contributed by atoms with Crippen molar-refractivity contribution in [2.24, 2.45) is 5.41 Å². The minimum Gasteiger partial charge on any atom is -0.494 e. The molecule has 3 fully saturated rings. The maximum Gasteiger partial charge on any atom is 0.246 e. The number of imidazole rings is 1. The van der Waals surface area contributed by atoms with Crippen LogP contribution in [0, 0.1) is 12.3 Å². The number of piperazine rings is 1. The molecule has 3 atom stereocenters. The summed E-state index contributed by atoms with van der Waals surface area (Å²) in [6.07, 6.45) is 5.56. The number of thiazole rings is 1. The van der Waals surface area contributed by atoms with Crippen LogP contribution in [0.1, 0.15) is 83.4 Å². The molecule has 434 valence electrons. The van der Waals surface area contributed by atoms with Gasteiger partial charge in [-0.15, -0.1) is 11.3 Å². The maximum absolute atomic E-state index is 14.1. The molecular formula is C59H79N13O8S. The van der Waals surface area contributed by atoms with E-state index in [1.807, 2.05) is 81.7 Å². The topological polar surface area (TPSA) is 227 Å². The number of nitrogens with one attached hydrogen (secondary N) is 3. The van der Waals surface area contributed by atoms with Gasteiger partial charge in [-0.2, -0.15) is 4.98 Å². The lowest BCUT2D eigenvalue weighted by molar-refractivity contribution is -0.144. The fourth-order valence-corrected chi connectivity index (χ4v) is 11.4. The fourth-order valence-electron chi connectivity index (χ4n) is 10.6. The van der Waals surface area contributed by atoms with E-state index in [2.05, 4.69) is 76.1 Å². The van der Waals surface area contributed by atoms with Crippen LogP contribution in [0.15, 0.2) is 78.6 Å². The number of aliphatic hydroxyl groups excluding tert-OH is 1. The normalized spacial score (nSPS) is 17.7. The van der Waals surface area contributed by atoms with Gasteiger partial charge in [-0.1, -0.05) is 45.0 Å². The molecule has 0 radical (unpaired) electrons. The number of carbonyl (C=O) groups excluding carboxylic acids is 3. The minimum atomic E-state index is -0.952. The highest BCUT2D eigenvalue weighted by Crippen LogP contribution is 2.30. The molecule has 3 amide bonds. The molecule has 0 saturated carbocycles. The summed E-state index contributed by atoms with van der Waals surface area (Å²) in [5.74, 6) is 2.45. The number of aliphatic hydroxyl groups is 1. The standard InChI is InChI=1S/C59H79N13O8S/c1-39(2)72-48-32-51(65-50-17-20-60-58(66-50)70-21-18-45(77-7)19-22-70)61-34-47(48)64-52(72)36-79-30-27-68-23-25-69(26-24-68)43-13-15-46(16-14-43)80-29-8-28-78-37-53(74)67-55(59(4,5)6)57(76)71-35-44(73)31-49(71)56(75)62-33-41-9-11-42(12-10-41)54-40(3)63-38-81-54/h9-17,20,32,34,38-39,44-45,49,55,73H,8,18-19,21-31,33,35-37H2,1-7H3,(H,62,75)(H,67,74)(H,60,61,65,66)/t44-,49+,55-/m1/s1. The summed E-state index contributed by atoms with van der Waals surface area (Å²) >= 11 is 1.58. The molecule has 0 bridgehead atoms. The molecule has 3 aliphatic heterocycles. The predicted octanol–water partition coefficient (Wildman–Crippen LogP) is 6.53. The maximum atomic E-state index is 14.1. The first kappa shape index (κ1) is 58.8. The van der Waals surface area contributed by atoms with E-state index in [1.54, 1.807) is 30.8 Å². The zero-order valence-electron chi connectivity index (χ0n) is 47.8. The van der Waals surface area contributed by atoms with Crippen molar-refractivity contribution in [3.63, 3.8) is 0 Å². The van der Waals surface area contributed by atoms with E-state index >= 15 is 0 Å². The molecule has 3 saturated heterocycles. The molecule has 7 heterocycles. The number of aryl methyl sites for hydroxylation is 1. The van der Waals surface area contributed by atoms with Crippen LogP contribution in [0.4, 0.5) is 23.3 Å². The Hall–Kier alpha value is -6.82. The third-order valence-corrected chi connectivity index (χ3v) is 16.1. The Labute approximate surface area is 478 Å².